The first-order valence-electron chi connectivity index (χ1n) is 9.94. The third-order valence-electron chi connectivity index (χ3n) is 5.40. The van der Waals surface area contributed by atoms with Crippen molar-refractivity contribution >= 4 is 23.2 Å². The van der Waals surface area contributed by atoms with Crippen molar-refractivity contribution in [1.82, 2.24) is 15.5 Å². The first kappa shape index (κ1) is 20.1. The lowest BCUT2D eigenvalue weighted by Gasteiger charge is -2.23. The number of likely N-dealkylation sites (N-methyl/N-ethyl adjacent to an activating group) is 1. The highest BCUT2D eigenvalue weighted by molar-refractivity contribution is 6.30. The van der Waals surface area contributed by atoms with Gasteiger partial charge in [-0.3, -0.25) is 9.89 Å². The van der Waals surface area contributed by atoms with E-state index < -0.39 is 0 Å². The Bertz CT molecular complexity index is 649. The summed E-state index contributed by atoms with van der Waals surface area (Å²) in [6.45, 7) is 7.22. The fourth-order valence-corrected chi connectivity index (χ4v) is 3.92. The Morgan fingerprint density at radius 1 is 1.37 bits per heavy atom. The van der Waals surface area contributed by atoms with Gasteiger partial charge in [-0.1, -0.05) is 18.5 Å². The van der Waals surface area contributed by atoms with Crippen molar-refractivity contribution < 1.29 is 4.74 Å². The van der Waals surface area contributed by atoms with E-state index in [1.807, 2.05) is 25.2 Å². The summed E-state index contributed by atoms with van der Waals surface area (Å²) in [5.74, 6) is 1.74. The molecule has 1 aromatic carbocycles. The maximum Gasteiger partial charge on any atom is 0.191 e. The molecule has 2 fully saturated rings. The number of hydrogen-bond acceptors (Lipinski definition) is 4. The van der Waals surface area contributed by atoms with Crippen LogP contribution in [0, 0.1) is 0 Å². The van der Waals surface area contributed by atoms with Crippen molar-refractivity contribution in [2.75, 3.05) is 51.8 Å². The van der Waals surface area contributed by atoms with Gasteiger partial charge in [0.05, 0.1) is 12.8 Å². The fraction of sp³-hybridized carbons (Fsp3) is 0.650. The number of aliphatic imine (C=N–C) groups is 1. The number of methoxy groups -OCH3 is 1. The minimum absolute atomic E-state index is 0.352. The summed E-state index contributed by atoms with van der Waals surface area (Å²) in [5, 5.41) is 7.75. The molecule has 2 aliphatic rings. The number of anilines is 1. The number of halogens is 1. The highest BCUT2D eigenvalue weighted by atomic mass is 35.5. The molecular weight excluding hydrogens is 362 g/mol. The van der Waals surface area contributed by atoms with Gasteiger partial charge in [-0.05, 0) is 44.0 Å². The Balaban J connectivity index is 1.48. The molecule has 7 heteroatoms. The molecule has 0 radical (unpaired) electrons. The number of nitrogens with one attached hydrogen (secondary N) is 2. The number of ether oxygens (including phenoxy) is 1. The van der Waals surface area contributed by atoms with Gasteiger partial charge in [-0.2, -0.15) is 0 Å². The van der Waals surface area contributed by atoms with E-state index in [9.17, 15) is 0 Å². The number of rotatable bonds is 8. The van der Waals surface area contributed by atoms with Crippen molar-refractivity contribution in [3.63, 3.8) is 0 Å². The summed E-state index contributed by atoms with van der Waals surface area (Å²) in [4.78, 5) is 9.26. The summed E-state index contributed by atoms with van der Waals surface area (Å²) in [6.07, 6.45) is 3.76. The molecule has 1 aliphatic carbocycles. The molecule has 1 atom stereocenters. The minimum Gasteiger partial charge on any atom is -0.495 e. The van der Waals surface area contributed by atoms with E-state index in [0.29, 0.717) is 6.04 Å². The molecule has 0 bridgehead atoms. The summed E-state index contributed by atoms with van der Waals surface area (Å²) in [7, 11) is 3.53. The van der Waals surface area contributed by atoms with Crippen LogP contribution in [0.1, 0.15) is 26.2 Å². The average molecular weight is 394 g/mol. The van der Waals surface area contributed by atoms with E-state index in [1.165, 1.54) is 12.8 Å². The minimum atomic E-state index is 0.352. The van der Waals surface area contributed by atoms with Crippen molar-refractivity contribution in [2.24, 2.45) is 4.99 Å². The monoisotopic (exact) mass is 393 g/mol. The van der Waals surface area contributed by atoms with Gasteiger partial charge in [0.2, 0.25) is 0 Å². The lowest BCUT2D eigenvalue weighted by molar-refractivity contribution is 0.282. The van der Waals surface area contributed by atoms with Crippen LogP contribution in [-0.4, -0.2) is 69.8 Å². The van der Waals surface area contributed by atoms with Gasteiger partial charge in [0.15, 0.2) is 5.96 Å². The summed E-state index contributed by atoms with van der Waals surface area (Å²) in [5.41, 5.74) is 1.06. The Hall–Kier alpha value is -1.66. The van der Waals surface area contributed by atoms with Crippen LogP contribution >= 0.6 is 11.6 Å². The maximum absolute atomic E-state index is 6.19. The lowest BCUT2D eigenvalue weighted by atomic mass is 10.2. The third kappa shape index (κ3) is 5.42. The van der Waals surface area contributed by atoms with E-state index in [0.717, 1.165) is 67.6 Å². The van der Waals surface area contributed by atoms with Crippen molar-refractivity contribution in [3.8, 4) is 5.75 Å². The highest BCUT2D eigenvalue weighted by Gasteiger charge is 2.28. The molecule has 27 heavy (non-hydrogen) atoms. The van der Waals surface area contributed by atoms with Crippen molar-refractivity contribution in [1.29, 1.82) is 0 Å². The molecule has 1 aliphatic heterocycles. The van der Waals surface area contributed by atoms with Gasteiger partial charge in [-0.25, -0.2) is 0 Å². The standard InChI is InChI=1S/C20H32ClN5O/c1-4-25(17-6-7-17)12-10-23-20(22-2)24-16-9-11-26(14-16)18-13-15(21)5-8-19(18)27-3/h5,8,13,16-17H,4,6-7,9-12,14H2,1-3H3,(H2,22,23,24). The molecular formula is C20H32ClN5O. The van der Waals surface area contributed by atoms with Crippen LogP contribution in [0.15, 0.2) is 23.2 Å². The van der Waals surface area contributed by atoms with Gasteiger partial charge >= 0.3 is 0 Å². The average Bonchev–Trinajstić information content (AvgIpc) is 3.42. The molecule has 1 unspecified atom stereocenters. The van der Waals surface area contributed by atoms with Gasteiger partial charge in [0.25, 0.3) is 0 Å². The zero-order valence-corrected chi connectivity index (χ0v) is 17.4. The molecule has 1 aromatic rings. The van der Waals surface area contributed by atoms with Gasteiger partial charge in [0.1, 0.15) is 5.75 Å². The predicted octanol–water partition coefficient (Wildman–Crippen LogP) is 2.58. The predicted molar refractivity (Wildman–Crippen MR) is 113 cm³/mol. The molecule has 1 saturated carbocycles. The maximum atomic E-state index is 6.19. The number of benzene rings is 1. The normalized spacial score (nSPS) is 20.3. The van der Waals surface area contributed by atoms with Crippen molar-refractivity contribution in [3.05, 3.63) is 23.2 Å². The summed E-state index contributed by atoms with van der Waals surface area (Å²) in [6, 6.07) is 6.93. The van der Waals surface area contributed by atoms with E-state index in [2.05, 4.69) is 32.3 Å². The zero-order chi connectivity index (χ0) is 19.2. The second-order valence-electron chi connectivity index (χ2n) is 7.25. The van der Waals surface area contributed by atoms with E-state index in [4.69, 9.17) is 16.3 Å². The largest absolute Gasteiger partial charge is 0.495 e. The Labute approximate surface area is 167 Å². The summed E-state index contributed by atoms with van der Waals surface area (Å²) >= 11 is 6.19. The Kier molecular flexibility index (Phi) is 7.07. The van der Waals surface area contributed by atoms with Crippen LogP contribution in [-0.2, 0) is 0 Å². The third-order valence-corrected chi connectivity index (χ3v) is 5.63. The first-order chi connectivity index (χ1) is 13.1. The van der Waals surface area contributed by atoms with E-state index >= 15 is 0 Å². The smallest absolute Gasteiger partial charge is 0.191 e. The topological polar surface area (TPSA) is 52.1 Å². The fourth-order valence-electron chi connectivity index (χ4n) is 3.75. The number of guanidine groups is 1. The van der Waals surface area contributed by atoms with Crippen LogP contribution in [0.4, 0.5) is 5.69 Å². The van der Waals surface area contributed by atoms with E-state index in [1.54, 1.807) is 7.11 Å². The highest BCUT2D eigenvalue weighted by Crippen LogP contribution is 2.33. The first-order valence-corrected chi connectivity index (χ1v) is 10.3. The Morgan fingerprint density at radius 3 is 2.85 bits per heavy atom. The van der Waals surface area contributed by atoms with Gasteiger partial charge < -0.3 is 20.3 Å². The van der Waals surface area contributed by atoms with Crippen LogP contribution in [0.3, 0.4) is 0 Å². The molecule has 6 nitrogen and oxygen atoms in total. The molecule has 1 saturated heterocycles. The molecule has 0 aromatic heterocycles. The molecule has 150 valence electrons. The second kappa shape index (κ2) is 9.51. The molecule has 0 amide bonds. The number of hydrogen-bond donors (Lipinski definition) is 2. The lowest BCUT2D eigenvalue weighted by Crippen LogP contribution is -2.46. The molecule has 0 spiro atoms. The summed E-state index contributed by atoms with van der Waals surface area (Å²) < 4.78 is 5.50. The van der Waals surface area contributed by atoms with Gasteiger partial charge in [0, 0.05) is 50.3 Å². The van der Waals surface area contributed by atoms with Crippen LogP contribution in [0.5, 0.6) is 5.75 Å². The molecule has 3 rings (SSSR count). The zero-order valence-electron chi connectivity index (χ0n) is 16.7. The van der Waals surface area contributed by atoms with E-state index in [-0.39, 0.29) is 0 Å². The quantitative estimate of drug-likeness (QED) is 0.525. The number of nitrogens with zero attached hydrogens (tertiary/aromatic N) is 3. The van der Waals surface area contributed by atoms with Crippen molar-refractivity contribution in [2.45, 2.75) is 38.3 Å². The SMILES string of the molecule is CCN(CCNC(=NC)NC1CCN(c2cc(Cl)ccc2OC)C1)C1CC1. The second-order valence-corrected chi connectivity index (χ2v) is 7.69. The molecule has 1 heterocycles. The Morgan fingerprint density at radius 2 is 2.19 bits per heavy atom. The van der Waals surface area contributed by atoms with Crippen LogP contribution < -0.4 is 20.3 Å². The van der Waals surface area contributed by atoms with Gasteiger partial charge in [-0.15, -0.1) is 0 Å². The van der Waals surface area contributed by atoms with Crippen LogP contribution in [0.25, 0.3) is 0 Å². The molecule has 2 N–H and O–H groups in total. The van der Waals surface area contributed by atoms with Crippen LogP contribution in [0.2, 0.25) is 5.02 Å².